The average Bonchev–Trinajstić information content (AvgIpc) is 2.26. The largest absolute Gasteiger partial charge is 0.465 e. The van der Waals surface area contributed by atoms with Crippen LogP contribution in [-0.2, 0) is 9.47 Å². The van der Waals surface area contributed by atoms with Gasteiger partial charge in [0.25, 0.3) is 0 Å². The van der Waals surface area contributed by atoms with E-state index in [4.69, 9.17) is 5.73 Å². The Bertz CT molecular complexity index is 403. The van der Waals surface area contributed by atoms with Crippen molar-refractivity contribution in [1.82, 2.24) is 4.98 Å². The smallest absolute Gasteiger partial charge is 0.342 e. The zero-order chi connectivity index (χ0) is 11.4. The first-order chi connectivity index (χ1) is 7.11. The van der Waals surface area contributed by atoms with E-state index in [1.165, 1.54) is 26.5 Å². The molecule has 0 aliphatic heterocycles. The third-order valence-corrected chi connectivity index (χ3v) is 1.78. The number of rotatable bonds is 2. The highest BCUT2D eigenvalue weighted by atomic mass is 16.5. The number of nitrogen functional groups attached to an aromatic ring is 1. The van der Waals surface area contributed by atoms with E-state index >= 15 is 0 Å². The molecule has 0 fully saturated rings. The maximum atomic E-state index is 11.3. The van der Waals surface area contributed by atoms with Crippen LogP contribution in [0.4, 0.5) is 5.82 Å². The standard InChI is InChI=1S/C9H10N2O4/c1-14-8(12)5-3-4-11-7(10)6(5)9(13)15-2/h3-4H,1-2H3,(H2,10,11). The van der Waals surface area contributed by atoms with Crippen LogP contribution in [0.1, 0.15) is 20.7 Å². The van der Waals surface area contributed by atoms with Crippen molar-refractivity contribution in [3.05, 3.63) is 23.4 Å². The lowest BCUT2D eigenvalue weighted by Gasteiger charge is -2.07. The van der Waals surface area contributed by atoms with E-state index in [-0.39, 0.29) is 16.9 Å². The monoisotopic (exact) mass is 210 g/mol. The molecule has 0 amide bonds. The summed E-state index contributed by atoms with van der Waals surface area (Å²) < 4.78 is 8.98. The number of carbonyl (C=O) groups is 2. The van der Waals surface area contributed by atoms with Crippen molar-refractivity contribution in [2.45, 2.75) is 0 Å². The van der Waals surface area contributed by atoms with Crippen molar-refractivity contribution in [2.75, 3.05) is 20.0 Å². The Balaban J connectivity index is 3.32. The Kier molecular flexibility index (Phi) is 3.22. The Morgan fingerprint density at radius 2 is 1.87 bits per heavy atom. The van der Waals surface area contributed by atoms with Gasteiger partial charge in [0.2, 0.25) is 0 Å². The number of pyridine rings is 1. The molecule has 80 valence electrons. The molecule has 0 saturated heterocycles. The Hall–Kier alpha value is -2.11. The molecule has 6 heteroatoms. The molecule has 0 bridgehead atoms. The first-order valence-corrected chi connectivity index (χ1v) is 4.03. The Morgan fingerprint density at radius 3 is 2.40 bits per heavy atom. The summed E-state index contributed by atoms with van der Waals surface area (Å²) in [4.78, 5) is 26.3. The lowest BCUT2D eigenvalue weighted by atomic mass is 10.1. The fourth-order valence-corrected chi connectivity index (χ4v) is 1.07. The van der Waals surface area contributed by atoms with Crippen LogP contribution in [0.15, 0.2) is 12.3 Å². The van der Waals surface area contributed by atoms with Gasteiger partial charge in [0, 0.05) is 6.20 Å². The third kappa shape index (κ3) is 2.04. The normalized spacial score (nSPS) is 9.47. The molecule has 0 aromatic carbocycles. The summed E-state index contributed by atoms with van der Waals surface area (Å²) in [5.74, 6) is -1.45. The number of hydrogen-bond donors (Lipinski definition) is 1. The average molecular weight is 210 g/mol. The molecule has 0 unspecified atom stereocenters. The molecule has 0 aliphatic carbocycles. The summed E-state index contributed by atoms with van der Waals surface area (Å²) in [6.07, 6.45) is 1.31. The van der Waals surface area contributed by atoms with Gasteiger partial charge in [-0.2, -0.15) is 0 Å². The summed E-state index contributed by atoms with van der Waals surface area (Å²) in [5, 5.41) is 0. The second-order valence-corrected chi connectivity index (χ2v) is 2.60. The van der Waals surface area contributed by atoms with E-state index in [2.05, 4.69) is 14.5 Å². The molecule has 2 N–H and O–H groups in total. The highest BCUT2D eigenvalue weighted by molar-refractivity contribution is 6.05. The second-order valence-electron chi connectivity index (χ2n) is 2.60. The van der Waals surface area contributed by atoms with Gasteiger partial charge in [0.05, 0.1) is 19.8 Å². The highest BCUT2D eigenvalue weighted by Gasteiger charge is 2.21. The third-order valence-electron chi connectivity index (χ3n) is 1.78. The topological polar surface area (TPSA) is 91.5 Å². The summed E-state index contributed by atoms with van der Waals surface area (Å²) in [6, 6.07) is 1.34. The van der Waals surface area contributed by atoms with Gasteiger partial charge in [-0.15, -0.1) is 0 Å². The van der Waals surface area contributed by atoms with Gasteiger partial charge in [-0.05, 0) is 6.07 Å². The zero-order valence-corrected chi connectivity index (χ0v) is 8.31. The molecular weight excluding hydrogens is 200 g/mol. The van der Waals surface area contributed by atoms with E-state index < -0.39 is 11.9 Å². The number of aromatic nitrogens is 1. The minimum atomic E-state index is -0.721. The van der Waals surface area contributed by atoms with Crippen molar-refractivity contribution in [1.29, 1.82) is 0 Å². The fraction of sp³-hybridized carbons (Fsp3) is 0.222. The molecule has 1 heterocycles. The van der Waals surface area contributed by atoms with Crippen LogP contribution in [0.2, 0.25) is 0 Å². The Morgan fingerprint density at radius 1 is 1.27 bits per heavy atom. The van der Waals surface area contributed by atoms with Crippen molar-refractivity contribution >= 4 is 17.8 Å². The first kappa shape index (κ1) is 11.0. The quantitative estimate of drug-likeness (QED) is 0.703. The van der Waals surface area contributed by atoms with Gasteiger partial charge in [-0.1, -0.05) is 0 Å². The van der Waals surface area contributed by atoms with E-state index in [0.717, 1.165) is 0 Å². The predicted molar refractivity (Wildman–Crippen MR) is 51.3 cm³/mol. The van der Waals surface area contributed by atoms with E-state index in [1.807, 2.05) is 0 Å². The van der Waals surface area contributed by atoms with Crippen molar-refractivity contribution in [3.8, 4) is 0 Å². The molecule has 0 spiro atoms. The van der Waals surface area contributed by atoms with Gasteiger partial charge in [-0.3, -0.25) is 0 Å². The molecule has 0 aliphatic rings. The van der Waals surface area contributed by atoms with Crippen LogP contribution >= 0.6 is 0 Å². The lowest BCUT2D eigenvalue weighted by Crippen LogP contribution is -2.15. The van der Waals surface area contributed by atoms with Gasteiger partial charge in [0.1, 0.15) is 11.4 Å². The number of ether oxygens (including phenoxy) is 2. The van der Waals surface area contributed by atoms with Crippen molar-refractivity contribution < 1.29 is 19.1 Å². The minimum absolute atomic E-state index is 0.0388. The van der Waals surface area contributed by atoms with Crippen molar-refractivity contribution in [3.63, 3.8) is 0 Å². The van der Waals surface area contributed by atoms with Gasteiger partial charge < -0.3 is 15.2 Å². The van der Waals surface area contributed by atoms with Crippen LogP contribution in [0.3, 0.4) is 0 Å². The molecule has 0 saturated carbocycles. The SMILES string of the molecule is COC(=O)c1ccnc(N)c1C(=O)OC. The number of carbonyl (C=O) groups excluding carboxylic acids is 2. The summed E-state index contributed by atoms with van der Waals surface area (Å²) in [6.45, 7) is 0. The lowest BCUT2D eigenvalue weighted by molar-refractivity contribution is 0.0555. The molecule has 0 radical (unpaired) electrons. The van der Waals surface area contributed by atoms with Crippen LogP contribution in [0.5, 0.6) is 0 Å². The van der Waals surface area contributed by atoms with Crippen LogP contribution in [-0.4, -0.2) is 31.1 Å². The molecule has 15 heavy (non-hydrogen) atoms. The molecule has 6 nitrogen and oxygen atoms in total. The highest BCUT2D eigenvalue weighted by Crippen LogP contribution is 2.16. The maximum absolute atomic E-state index is 11.3. The van der Waals surface area contributed by atoms with Gasteiger partial charge in [0.15, 0.2) is 0 Å². The fourth-order valence-electron chi connectivity index (χ4n) is 1.07. The number of methoxy groups -OCH3 is 2. The molecule has 0 atom stereocenters. The van der Waals surface area contributed by atoms with E-state index in [0.29, 0.717) is 0 Å². The van der Waals surface area contributed by atoms with Crippen molar-refractivity contribution in [2.24, 2.45) is 0 Å². The maximum Gasteiger partial charge on any atom is 0.342 e. The Labute approximate surface area is 86.0 Å². The minimum Gasteiger partial charge on any atom is -0.465 e. The molecule has 1 aromatic rings. The summed E-state index contributed by atoms with van der Waals surface area (Å²) in [5.41, 5.74) is 5.43. The molecular formula is C9H10N2O4. The van der Waals surface area contributed by atoms with Crippen LogP contribution in [0.25, 0.3) is 0 Å². The van der Waals surface area contributed by atoms with E-state index in [1.54, 1.807) is 0 Å². The number of hydrogen-bond acceptors (Lipinski definition) is 6. The van der Waals surface area contributed by atoms with Gasteiger partial charge in [-0.25, -0.2) is 14.6 Å². The molecule has 1 aromatic heterocycles. The van der Waals surface area contributed by atoms with E-state index in [9.17, 15) is 9.59 Å². The number of anilines is 1. The second kappa shape index (κ2) is 4.41. The summed E-state index contributed by atoms with van der Waals surface area (Å²) >= 11 is 0. The number of nitrogens with two attached hydrogens (primary N) is 1. The van der Waals surface area contributed by atoms with Crippen LogP contribution in [0, 0.1) is 0 Å². The van der Waals surface area contributed by atoms with Gasteiger partial charge >= 0.3 is 11.9 Å². The molecule has 1 rings (SSSR count). The number of esters is 2. The predicted octanol–water partition coefficient (Wildman–Crippen LogP) is 0.237. The first-order valence-electron chi connectivity index (χ1n) is 4.03. The number of nitrogens with zero attached hydrogens (tertiary/aromatic N) is 1. The summed E-state index contributed by atoms with van der Waals surface area (Å²) in [7, 11) is 2.40. The zero-order valence-electron chi connectivity index (χ0n) is 8.31. The van der Waals surface area contributed by atoms with Crippen LogP contribution < -0.4 is 5.73 Å².